The first-order valence-electron chi connectivity index (χ1n) is 9.44. The molecule has 1 N–H and O–H groups in total. The van der Waals surface area contributed by atoms with Gasteiger partial charge in [0.15, 0.2) is 5.03 Å². The van der Waals surface area contributed by atoms with Gasteiger partial charge in [-0.05, 0) is 49.7 Å². The highest BCUT2D eigenvalue weighted by Gasteiger charge is 2.11. The first-order valence-corrected chi connectivity index (χ1v) is 10.3. The first kappa shape index (κ1) is 20.8. The van der Waals surface area contributed by atoms with Crippen LogP contribution in [0.5, 0.6) is 11.6 Å². The Morgan fingerprint density at radius 1 is 1.03 bits per heavy atom. The zero-order valence-corrected chi connectivity index (χ0v) is 17.0. The number of hydrogen-bond donors (Lipinski definition) is 1. The molecule has 0 saturated heterocycles. The van der Waals surface area contributed by atoms with Gasteiger partial charge in [-0.1, -0.05) is 30.0 Å². The summed E-state index contributed by atoms with van der Waals surface area (Å²) in [5.74, 6) is 0.899. The van der Waals surface area contributed by atoms with Gasteiger partial charge < -0.3 is 14.8 Å². The molecule has 0 bridgehead atoms. The molecule has 0 aliphatic rings. The molecule has 1 heterocycles. The van der Waals surface area contributed by atoms with Gasteiger partial charge >= 0.3 is 0 Å². The maximum absolute atomic E-state index is 12.2. The van der Waals surface area contributed by atoms with E-state index in [0.29, 0.717) is 42.0 Å². The van der Waals surface area contributed by atoms with Crippen molar-refractivity contribution < 1.29 is 14.3 Å². The van der Waals surface area contributed by atoms with Crippen LogP contribution in [0.1, 0.15) is 23.7 Å². The van der Waals surface area contributed by atoms with Crippen LogP contribution in [0.15, 0.2) is 76.9 Å². The van der Waals surface area contributed by atoms with E-state index in [1.54, 1.807) is 36.7 Å². The number of nitrogens with zero attached hydrogens (tertiary/aromatic N) is 2. The molecule has 29 heavy (non-hydrogen) atoms. The predicted octanol–water partition coefficient (Wildman–Crippen LogP) is 4.58. The van der Waals surface area contributed by atoms with E-state index >= 15 is 0 Å². The van der Waals surface area contributed by atoms with Crippen molar-refractivity contribution in [1.29, 1.82) is 0 Å². The van der Waals surface area contributed by atoms with E-state index in [1.165, 1.54) is 11.8 Å². The molecule has 1 amide bonds. The van der Waals surface area contributed by atoms with Crippen molar-refractivity contribution in [3.63, 3.8) is 0 Å². The average molecular weight is 410 g/mol. The molecule has 1 aromatic heterocycles. The van der Waals surface area contributed by atoms with E-state index in [1.807, 2.05) is 37.3 Å². The smallest absolute Gasteiger partial charge is 0.252 e. The zero-order chi connectivity index (χ0) is 20.3. The lowest BCUT2D eigenvalue weighted by Crippen LogP contribution is -2.25. The summed E-state index contributed by atoms with van der Waals surface area (Å²) in [6.45, 7) is 3.86. The summed E-state index contributed by atoms with van der Waals surface area (Å²) < 4.78 is 11.2. The Hall–Kier alpha value is -2.90. The van der Waals surface area contributed by atoms with Gasteiger partial charge in [-0.25, -0.2) is 9.97 Å². The van der Waals surface area contributed by atoms with Gasteiger partial charge in [-0.3, -0.25) is 4.79 Å². The van der Waals surface area contributed by atoms with Crippen LogP contribution in [-0.4, -0.2) is 35.6 Å². The van der Waals surface area contributed by atoms with E-state index < -0.39 is 0 Å². The molecule has 0 unspecified atom stereocenters. The van der Waals surface area contributed by atoms with Crippen LogP contribution in [0.25, 0.3) is 0 Å². The highest BCUT2D eigenvalue weighted by atomic mass is 32.2. The van der Waals surface area contributed by atoms with Crippen LogP contribution >= 0.6 is 11.8 Å². The fourth-order valence-corrected chi connectivity index (χ4v) is 3.27. The number of benzene rings is 2. The fourth-order valence-electron chi connectivity index (χ4n) is 2.46. The number of rotatable bonds is 10. The molecular formula is C22H23N3O3S. The SMILES string of the molecule is CCOCCCNC(=O)c1ccc(Oc2nccnc2Sc2ccccc2)cc1. The van der Waals surface area contributed by atoms with Gasteiger partial charge in [0, 0.05) is 42.6 Å². The largest absolute Gasteiger partial charge is 0.437 e. The van der Waals surface area contributed by atoms with E-state index in [2.05, 4.69) is 15.3 Å². The molecule has 0 aliphatic carbocycles. The Morgan fingerprint density at radius 3 is 2.55 bits per heavy atom. The zero-order valence-electron chi connectivity index (χ0n) is 16.2. The lowest BCUT2D eigenvalue weighted by Gasteiger charge is -2.09. The number of aromatic nitrogens is 2. The third kappa shape index (κ3) is 6.58. The fraction of sp³-hybridized carbons (Fsp3) is 0.227. The van der Waals surface area contributed by atoms with Gasteiger partial charge in [0.05, 0.1) is 0 Å². The summed E-state index contributed by atoms with van der Waals surface area (Å²) >= 11 is 1.48. The van der Waals surface area contributed by atoms with E-state index in [9.17, 15) is 4.79 Å². The normalized spacial score (nSPS) is 10.5. The van der Waals surface area contributed by atoms with Crippen LogP contribution in [0, 0.1) is 0 Å². The second-order valence-electron chi connectivity index (χ2n) is 6.01. The van der Waals surface area contributed by atoms with Crippen molar-refractivity contribution in [2.45, 2.75) is 23.3 Å². The van der Waals surface area contributed by atoms with Gasteiger partial charge in [0.25, 0.3) is 11.8 Å². The summed E-state index contributed by atoms with van der Waals surface area (Å²) in [5.41, 5.74) is 0.576. The minimum absolute atomic E-state index is 0.118. The predicted molar refractivity (Wildman–Crippen MR) is 113 cm³/mol. The Kier molecular flexibility index (Phi) is 8.03. The summed E-state index contributed by atoms with van der Waals surface area (Å²) in [7, 11) is 0. The Morgan fingerprint density at radius 2 is 1.79 bits per heavy atom. The molecule has 3 aromatic rings. The number of amides is 1. The van der Waals surface area contributed by atoms with Crippen molar-refractivity contribution in [3.8, 4) is 11.6 Å². The molecule has 0 aliphatic heterocycles. The second kappa shape index (κ2) is 11.2. The molecule has 7 heteroatoms. The van der Waals surface area contributed by atoms with E-state index in [4.69, 9.17) is 9.47 Å². The molecule has 0 atom stereocenters. The van der Waals surface area contributed by atoms with Gasteiger partial charge in [-0.2, -0.15) is 0 Å². The Bertz CT molecular complexity index is 905. The van der Waals surface area contributed by atoms with Crippen LogP contribution in [0.2, 0.25) is 0 Å². The van der Waals surface area contributed by atoms with Gasteiger partial charge in [0.2, 0.25) is 0 Å². The average Bonchev–Trinajstić information content (AvgIpc) is 2.76. The lowest BCUT2D eigenvalue weighted by atomic mass is 10.2. The number of carbonyl (C=O) groups excluding carboxylic acids is 1. The Balaban J connectivity index is 1.59. The van der Waals surface area contributed by atoms with Crippen molar-refractivity contribution in [2.24, 2.45) is 0 Å². The molecule has 6 nitrogen and oxygen atoms in total. The maximum Gasteiger partial charge on any atom is 0.252 e. The third-order valence-corrected chi connectivity index (χ3v) is 4.86. The highest BCUT2D eigenvalue weighted by molar-refractivity contribution is 7.99. The molecule has 0 fully saturated rings. The third-order valence-electron chi connectivity index (χ3n) is 3.88. The standard InChI is InChI=1S/C22H23N3O3S/c1-2-27-16-6-13-23-20(26)17-9-11-18(12-10-17)28-21-22(25-15-14-24-21)29-19-7-4-3-5-8-19/h3-5,7-12,14-15H,2,6,13,16H2,1H3,(H,23,26). The van der Waals surface area contributed by atoms with Crippen molar-refractivity contribution >= 4 is 17.7 Å². The summed E-state index contributed by atoms with van der Waals surface area (Å²) in [6, 6.07) is 16.9. The molecule has 0 spiro atoms. The molecule has 0 radical (unpaired) electrons. The number of nitrogens with one attached hydrogen (secondary N) is 1. The first-order chi connectivity index (χ1) is 14.3. The molecule has 150 valence electrons. The van der Waals surface area contributed by atoms with Gasteiger partial charge in [-0.15, -0.1) is 0 Å². The topological polar surface area (TPSA) is 73.3 Å². The Labute approximate surface area is 174 Å². The minimum atomic E-state index is -0.118. The van der Waals surface area contributed by atoms with E-state index in [-0.39, 0.29) is 5.91 Å². The quantitative estimate of drug-likeness (QED) is 0.494. The van der Waals surface area contributed by atoms with E-state index in [0.717, 1.165) is 11.3 Å². The van der Waals surface area contributed by atoms with Crippen molar-refractivity contribution in [1.82, 2.24) is 15.3 Å². The lowest BCUT2D eigenvalue weighted by molar-refractivity contribution is 0.0944. The maximum atomic E-state index is 12.2. The van der Waals surface area contributed by atoms with Crippen LogP contribution in [0.3, 0.4) is 0 Å². The molecule has 3 rings (SSSR count). The summed E-state index contributed by atoms with van der Waals surface area (Å²) in [5, 5.41) is 3.55. The van der Waals surface area contributed by atoms with Crippen LogP contribution < -0.4 is 10.1 Å². The molecule has 2 aromatic carbocycles. The molecule has 0 saturated carbocycles. The number of ether oxygens (including phenoxy) is 2. The molecular weight excluding hydrogens is 386 g/mol. The number of hydrogen-bond acceptors (Lipinski definition) is 6. The highest BCUT2D eigenvalue weighted by Crippen LogP contribution is 2.33. The number of carbonyl (C=O) groups is 1. The van der Waals surface area contributed by atoms with Gasteiger partial charge in [0.1, 0.15) is 5.75 Å². The monoisotopic (exact) mass is 409 g/mol. The van der Waals surface area contributed by atoms with Crippen LogP contribution in [-0.2, 0) is 4.74 Å². The summed E-state index contributed by atoms with van der Waals surface area (Å²) in [4.78, 5) is 21.9. The van der Waals surface area contributed by atoms with Crippen molar-refractivity contribution in [3.05, 3.63) is 72.6 Å². The minimum Gasteiger partial charge on any atom is -0.437 e. The van der Waals surface area contributed by atoms with Crippen molar-refractivity contribution in [2.75, 3.05) is 19.8 Å². The van der Waals surface area contributed by atoms with Crippen LogP contribution in [0.4, 0.5) is 0 Å². The second-order valence-corrected chi connectivity index (χ2v) is 7.08. The summed E-state index contributed by atoms with van der Waals surface area (Å²) in [6.07, 6.45) is 4.01.